The van der Waals surface area contributed by atoms with Crippen molar-refractivity contribution in [2.45, 2.75) is 18.9 Å². The molecule has 0 aromatic heterocycles. The Morgan fingerprint density at radius 2 is 1.89 bits per heavy atom. The monoisotopic (exact) mass is 255 g/mol. The van der Waals surface area contributed by atoms with E-state index in [2.05, 4.69) is 0 Å². The number of aromatic hydroxyl groups is 1. The lowest BCUT2D eigenvalue weighted by Gasteiger charge is -2.16. The quantitative estimate of drug-likeness (QED) is 0.707. The number of ether oxygens (including phenoxy) is 2. The van der Waals surface area contributed by atoms with Gasteiger partial charge in [-0.05, 0) is 12.5 Å². The van der Waals surface area contributed by atoms with Gasteiger partial charge in [0.1, 0.15) is 5.75 Å². The minimum absolute atomic E-state index is 0.0365. The van der Waals surface area contributed by atoms with E-state index in [1.807, 2.05) is 0 Å². The summed E-state index contributed by atoms with van der Waals surface area (Å²) in [6.07, 6.45) is 0.174. The first-order chi connectivity index (χ1) is 8.49. The molecule has 0 aliphatic heterocycles. The number of carbonyl (C=O) groups is 1. The maximum atomic E-state index is 10.5. The second kappa shape index (κ2) is 6.11. The van der Waals surface area contributed by atoms with Crippen molar-refractivity contribution in [2.24, 2.45) is 5.73 Å². The van der Waals surface area contributed by atoms with Crippen LogP contribution in [0.5, 0.6) is 17.2 Å². The van der Waals surface area contributed by atoms with Gasteiger partial charge in [-0.25, -0.2) is 0 Å². The Hall–Kier alpha value is -1.95. The van der Waals surface area contributed by atoms with Gasteiger partial charge in [0.25, 0.3) is 0 Å². The average Bonchev–Trinajstić information content (AvgIpc) is 2.35. The second-order valence-corrected chi connectivity index (χ2v) is 3.80. The minimum atomic E-state index is -0.926. The maximum absolute atomic E-state index is 10.5. The molecular formula is C12H17NO5. The Kier molecular flexibility index (Phi) is 4.79. The highest BCUT2D eigenvalue weighted by Crippen LogP contribution is 2.37. The van der Waals surface area contributed by atoms with Crippen molar-refractivity contribution in [2.75, 3.05) is 14.2 Å². The van der Waals surface area contributed by atoms with Gasteiger partial charge in [0.15, 0.2) is 11.5 Å². The molecular weight excluding hydrogens is 238 g/mol. The van der Waals surface area contributed by atoms with Crippen molar-refractivity contribution in [1.82, 2.24) is 0 Å². The van der Waals surface area contributed by atoms with Gasteiger partial charge in [-0.1, -0.05) is 0 Å². The smallest absolute Gasteiger partial charge is 0.303 e. The fourth-order valence-electron chi connectivity index (χ4n) is 1.62. The Labute approximate surface area is 105 Å². The number of phenols is 1. The van der Waals surface area contributed by atoms with Crippen LogP contribution in [0.1, 0.15) is 24.4 Å². The van der Waals surface area contributed by atoms with E-state index in [0.717, 1.165) is 0 Å². The molecule has 0 radical (unpaired) electrons. The number of phenolic OH excluding ortho intramolecular Hbond substituents is 1. The highest BCUT2D eigenvalue weighted by Gasteiger charge is 2.16. The molecule has 1 aromatic rings. The number of carboxylic acid groups (broad SMARTS) is 1. The number of aliphatic carboxylic acids is 1. The van der Waals surface area contributed by atoms with Crippen molar-refractivity contribution < 1.29 is 24.5 Å². The van der Waals surface area contributed by atoms with Crippen LogP contribution in [0.2, 0.25) is 0 Å². The Morgan fingerprint density at radius 1 is 1.33 bits per heavy atom. The van der Waals surface area contributed by atoms with E-state index < -0.39 is 12.0 Å². The Balaban J connectivity index is 2.97. The van der Waals surface area contributed by atoms with Crippen LogP contribution in [0, 0.1) is 0 Å². The first kappa shape index (κ1) is 14.1. The molecule has 1 unspecified atom stereocenters. The highest BCUT2D eigenvalue weighted by atomic mass is 16.5. The zero-order valence-electron chi connectivity index (χ0n) is 10.3. The fourth-order valence-corrected chi connectivity index (χ4v) is 1.62. The fraction of sp³-hybridized carbons (Fsp3) is 0.417. The standard InChI is InChI=1S/C12H17NO5/c1-17-10-5-7(8(13)3-4-12(15)16)9(14)6-11(10)18-2/h5-6,8,14H,3-4,13H2,1-2H3,(H,15,16). The summed E-state index contributed by atoms with van der Waals surface area (Å²) in [5.41, 5.74) is 6.28. The molecule has 18 heavy (non-hydrogen) atoms. The molecule has 0 heterocycles. The second-order valence-electron chi connectivity index (χ2n) is 3.80. The van der Waals surface area contributed by atoms with Crippen molar-refractivity contribution in [3.63, 3.8) is 0 Å². The van der Waals surface area contributed by atoms with E-state index in [1.165, 1.54) is 20.3 Å². The largest absolute Gasteiger partial charge is 0.507 e. The maximum Gasteiger partial charge on any atom is 0.303 e. The zero-order chi connectivity index (χ0) is 13.7. The van der Waals surface area contributed by atoms with Gasteiger partial charge in [0, 0.05) is 24.1 Å². The molecule has 0 bridgehead atoms. The Bertz CT molecular complexity index is 433. The molecule has 4 N–H and O–H groups in total. The lowest BCUT2D eigenvalue weighted by atomic mass is 10.0. The molecule has 0 saturated heterocycles. The van der Waals surface area contributed by atoms with Crippen molar-refractivity contribution in [3.05, 3.63) is 17.7 Å². The number of hydrogen-bond donors (Lipinski definition) is 3. The molecule has 6 nitrogen and oxygen atoms in total. The molecule has 0 spiro atoms. The van der Waals surface area contributed by atoms with Crippen molar-refractivity contribution in [3.8, 4) is 17.2 Å². The molecule has 100 valence electrons. The van der Waals surface area contributed by atoms with E-state index in [1.54, 1.807) is 6.07 Å². The highest BCUT2D eigenvalue weighted by molar-refractivity contribution is 5.66. The predicted octanol–water partition coefficient (Wildman–Crippen LogP) is 1.27. The molecule has 0 saturated carbocycles. The van der Waals surface area contributed by atoms with Gasteiger partial charge < -0.3 is 25.4 Å². The summed E-state index contributed by atoms with van der Waals surface area (Å²) in [7, 11) is 2.93. The summed E-state index contributed by atoms with van der Waals surface area (Å²) < 4.78 is 10.1. The first-order valence-corrected chi connectivity index (χ1v) is 5.41. The number of carboxylic acids is 1. The third kappa shape index (κ3) is 3.27. The van der Waals surface area contributed by atoms with Gasteiger partial charge in [0.2, 0.25) is 0 Å². The van der Waals surface area contributed by atoms with Crippen LogP contribution in [-0.2, 0) is 4.79 Å². The summed E-state index contributed by atoms with van der Waals surface area (Å²) in [4.78, 5) is 10.5. The summed E-state index contributed by atoms with van der Waals surface area (Å²) in [5, 5.41) is 18.4. The van der Waals surface area contributed by atoms with E-state index in [-0.39, 0.29) is 18.6 Å². The summed E-state index contributed by atoms with van der Waals surface area (Å²) in [5.74, 6) is -0.129. The van der Waals surface area contributed by atoms with E-state index >= 15 is 0 Å². The van der Waals surface area contributed by atoms with Gasteiger partial charge in [-0.2, -0.15) is 0 Å². The Morgan fingerprint density at radius 3 is 2.39 bits per heavy atom. The summed E-state index contributed by atoms with van der Waals surface area (Å²) in [6, 6.07) is 2.39. The normalized spacial score (nSPS) is 11.9. The number of hydrogen-bond acceptors (Lipinski definition) is 5. The van der Waals surface area contributed by atoms with E-state index in [9.17, 15) is 9.90 Å². The van der Waals surface area contributed by atoms with Gasteiger partial charge in [-0.3, -0.25) is 4.79 Å². The van der Waals surface area contributed by atoms with E-state index in [0.29, 0.717) is 17.1 Å². The van der Waals surface area contributed by atoms with Crippen LogP contribution in [0.25, 0.3) is 0 Å². The van der Waals surface area contributed by atoms with Crippen LogP contribution >= 0.6 is 0 Å². The summed E-state index contributed by atoms with van der Waals surface area (Å²) in [6.45, 7) is 0. The van der Waals surface area contributed by atoms with Crippen LogP contribution in [0.3, 0.4) is 0 Å². The van der Waals surface area contributed by atoms with Crippen LogP contribution in [0.4, 0.5) is 0 Å². The number of benzene rings is 1. The molecule has 0 aliphatic carbocycles. The topological polar surface area (TPSA) is 102 Å². The molecule has 1 atom stereocenters. The zero-order valence-corrected chi connectivity index (χ0v) is 10.3. The van der Waals surface area contributed by atoms with Crippen LogP contribution in [-0.4, -0.2) is 30.4 Å². The number of nitrogens with two attached hydrogens (primary N) is 1. The van der Waals surface area contributed by atoms with Crippen molar-refractivity contribution in [1.29, 1.82) is 0 Å². The average molecular weight is 255 g/mol. The molecule has 6 heteroatoms. The van der Waals surface area contributed by atoms with Gasteiger partial charge in [-0.15, -0.1) is 0 Å². The molecule has 1 rings (SSSR count). The third-order valence-electron chi connectivity index (χ3n) is 2.60. The molecule has 0 amide bonds. The van der Waals surface area contributed by atoms with Gasteiger partial charge in [0.05, 0.1) is 14.2 Å². The molecule has 0 fully saturated rings. The predicted molar refractivity (Wildman–Crippen MR) is 65.0 cm³/mol. The van der Waals surface area contributed by atoms with Crippen LogP contribution < -0.4 is 15.2 Å². The lowest BCUT2D eigenvalue weighted by Crippen LogP contribution is -2.12. The lowest BCUT2D eigenvalue weighted by molar-refractivity contribution is -0.137. The van der Waals surface area contributed by atoms with Gasteiger partial charge >= 0.3 is 5.97 Å². The summed E-state index contributed by atoms with van der Waals surface area (Å²) >= 11 is 0. The minimum Gasteiger partial charge on any atom is -0.507 e. The number of methoxy groups -OCH3 is 2. The van der Waals surface area contributed by atoms with E-state index in [4.69, 9.17) is 20.3 Å². The molecule has 0 aliphatic rings. The third-order valence-corrected chi connectivity index (χ3v) is 2.60. The SMILES string of the molecule is COc1cc(O)c(C(N)CCC(=O)O)cc1OC. The first-order valence-electron chi connectivity index (χ1n) is 5.41. The van der Waals surface area contributed by atoms with Crippen LogP contribution in [0.15, 0.2) is 12.1 Å². The molecule has 1 aromatic carbocycles. The number of rotatable bonds is 6. The van der Waals surface area contributed by atoms with Crippen molar-refractivity contribution >= 4 is 5.97 Å².